The van der Waals surface area contributed by atoms with Crippen LogP contribution in [-0.2, 0) is 4.79 Å². The van der Waals surface area contributed by atoms with E-state index in [0.717, 1.165) is 24.9 Å². The fourth-order valence-corrected chi connectivity index (χ4v) is 2.10. The Morgan fingerprint density at radius 1 is 1.11 bits per heavy atom. The van der Waals surface area contributed by atoms with Gasteiger partial charge in [0.1, 0.15) is 0 Å². The molecule has 1 aromatic rings. The van der Waals surface area contributed by atoms with E-state index in [1.54, 1.807) is 0 Å². The third-order valence-corrected chi connectivity index (χ3v) is 3.14. The Morgan fingerprint density at radius 2 is 1.84 bits per heavy atom. The SMILES string of the molecule is CCCCC(CCC)NC(=O)CNc1ccccc1. The van der Waals surface area contributed by atoms with Crippen LogP contribution in [-0.4, -0.2) is 18.5 Å². The van der Waals surface area contributed by atoms with Gasteiger partial charge in [0.2, 0.25) is 5.91 Å². The highest BCUT2D eigenvalue weighted by Gasteiger charge is 2.10. The number of nitrogens with one attached hydrogen (secondary N) is 2. The molecule has 3 heteroatoms. The monoisotopic (exact) mass is 262 g/mol. The van der Waals surface area contributed by atoms with Gasteiger partial charge in [0.05, 0.1) is 6.54 Å². The number of anilines is 1. The zero-order valence-electron chi connectivity index (χ0n) is 12.1. The van der Waals surface area contributed by atoms with Crippen LogP contribution in [0, 0.1) is 0 Å². The number of para-hydroxylation sites is 1. The molecule has 0 radical (unpaired) electrons. The molecule has 0 aromatic heterocycles. The van der Waals surface area contributed by atoms with Gasteiger partial charge in [-0.25, -0.2) is 0 Å². The number of rotatable bonds is 9. The van der Waals surface area contributed by atoms with Crippen molar-refractivity contribution < 1.29 is 4.79 Å². The van der Waals surface area contributed by atoms with E-state index in [4.69, 9.17) is 0 Å². The molecular weight excluding hydrogens is 236 g/mol. The summed E-state index contributed by atoms with van der Waals surface area (Å²) in [6.45, 7) is 4.69. The van der Waals surface area contributed by atoms with Crippen molar-refractivity contribution in [2.75, 3.05) is 11.9 Å². The highest BCUT2D eigenvalue weighted by Crippen LogP contribution is 2.07. The molecule has 0 aliphatic rings. The summed E-state index contributed by atoms with van der Waals surface area (Å²) in [6, 6.07) is 10.1. The normalized spacial score (nSPS) is 11.9. The van der Waals surface area contributed by atoms with Crippen molar-refractivity contribution in [2.24, 2.45) is 0 Å². The Balaban J connectivity index is 2.31. The van der Waals surface area contributed by atoms with E-state index in [1.165, 1.54) is 12.8 Å². The highest BCUT2D eigenvalue weighted by atomic mass is 16.1. The van der Waals surface area contributed by atoms with Gasteiger partial charge >= 0.3 is 0 Å². The first-order valence-electron chi connectivity index (χ1n) is 7.34. The molecule has 106 valence electrons. The summed E-state index contributed by atoms with van der Waals surface area (Å²) in [4.78, 5) is 11.9. The van der Waals surface area contributed by atoms with E-state index in [1.807, 2.05) is 30.3 Å². The minimum absolute atomic E-state index is 0.0819. The maximum absolute atomic E-state index is 11.9. The first-order chi connectivity index (χ1) is 9.26. The predicted molar refractivity (Wildman–Crippen MR) is 81.3 cm³/mol. The fourth-order valence-electron chi connectivity index (χ4n) is 2.10. The maximum Gasteiger partial charge on any atom is 0.239 e. The van der Waals surface area contributed by atoms with Gasteiger partial charge < -0.3 is 10.6 Å². The van der Waals surface area contributed by atoms with Gasteiger partial charge in [-0.2, -0.15) is 0 Å². The van der Waals surface area contributed by atoms with E-state index in [2.05, 4.69) is 24.5 Å². The largest absolute Gasteiger partial charge is 0.376 e. The third kappa shape index (κ3) is 6.85. The van der Waals surface area contributed by atoms with E-state index in [0.29, 0.717) is 12.6 Å². The van der Waals surface area contributed by atoms with Crippen LogP contribution in [0.5, 0.6) is 0 Å². The number of carbonyl (C=O) groups is 1. The third-order valence-electron chi connectivity index (χ3n) is 3.14. The quantitative estimate of drug-likeness (QED) is 0.714. The molecule has 19 heavy (non-hydrogen) atoms. The van der Waals surface area contributed by atoms with E-state index < -0.39 is 0 Å². The molecule has 1 rings (SSSR count). The minimum Gasteiger partial charge on any atom is -0.376 e. The number of hydrogen-bond donors (Lipinski definition) is 2. The standard InChI is InChI=1S/C16H26N2O/c1-3-5-10-15(9-4-2)18-16(19)13-17-14-11-7-6-8-12-14/h6-8,11-12,15,17H,3-5,9-10,13H2,1-2H3,(H,18,19). The summed E-state index contributed by atoms with van der Waals surface area (Å²) < 4.78 is 0. The van der Waals surface area contributed by atoms with Gasteiger partial charge in [-0.3, -0.25) is 4.79 Å². The van der Waals surface area contributed by atoms with Gasteiger partial charge in [-0.15, -0.1) is 0 Å². The predicted octanol–water partition coefficient (Wildman–Crippen LogP) is 3.57. The minimum atomic E-state index is 0.0819. The number of amides is 1. The lowest BCUT2D eigenvalue weighted by Gasteiger charge is -2.18. The smallest absolute Gasteiger partial charge is 0.239 e. The summed E-state index contributed by atoms with van der Waals surface area (Å²) >= 11 is 0. The molecule has 1 unspecified atom stereocenters. The second kappa shape index (κ2) is 9.42. The Morgan fingerprint density at radius 3 is 2.47 bits per heavy atom. The zero-order chi connectivity index (χ0) is 13.9. The van der Waals surface area contributed by atoms with Crippen LogP contribution in [0.4, 0.5) is 5.69 Å². The first-order valence-corrected chi connectivity index (χ1v) is 7.34. The lowest BCUT2D eigenvalue weighted by Crippen LogP contribution is -2.38. The molecule has 1 aromatic carbocycles. The Labute approximate surface area is 116 Å². The van der Waals surface area contributed by atoms with Gasteiger partial charge in [0.15, 0.2) is 0 Å². The van der Waals surface area contributed by atoms with E-state index in [-0.39, 0.29) is 5.91 Å². The van der Waals surface area contributed by atoms with E-state index in [9.17, 15) is 4.79 Å². The van der Waals surface area contributed by atoms with Crippen molar-refractivity contribution in [1.82, 2.24) is 5.32 Å². The van der Waals surface area contributed by atoms with Gasteiger partial charge in [0.25, 0.3) is 0 Å². The van der Waals surface area contributed by atoms with Crippen molar-refractivity contribution in [1.29, 1.82) is 0 Å². The number of hydrogen-bond acceptors (Lipinski definition) is 2. The molecule has 0 saturated heterocycles. The Kier molecular flexibility index (Phi) is 7.71. The fraction of sp³-hybridized carbons (Fsp3) is 0.562. The Hall–Kier alpha value is -1.51. The molecule has 0 aliphatic heterocycles. The Bertz CT molecular complexity index is 351. The summed E-state index contributed by atoms with van der Waals surface area (Å²) in [6.07, 6.45) is 5.62. The van der Waals surface area contributed by atoms with Crippen LogP contribution in [0.15, 0.2) is 30.3 Å². The summed E-state index contributed by atoms with van der Waals surface area (Å²) in [5, 5.41) is 6.26. The first kappa shape index (κ1) is 15.5. The van der Waals surface area contributed by atoms with Crippen molar-refractivity contribution >= 4 is 11.6 Å². The van der Waals surface area contributed by atoms with Crippen molar-refractivity contribution in [2.45, 2.75) is 52.0 Å². The molecule has 3 nitrogen and oxygen atoms in total. The number of benzene rings is 1. The average molecular weight is 262 g/mol. The molecular formula is C16H26N2O. The average Bonchev–Trinajstić information content (AvgIpc) is 2.44. The summed E-state index contributed by atoms with van der Waals surface area (Å²) in [7, 11) is 0. The zero-order valence-corrected chi connectivity index (χ0v) is 12.1. The van der Waals surface area contributed by atoms with Crippen LogP contribution in [0.3, 0.4) is 0 Å². The molecule has 1 atom stereocenters. The van der Waals surface area contributed by atoms with Crippen LogP contribution < -0.4 is 10.6 Å². The lowest BCUT2D eigenvalue weighted by molar-refractivity contribution is -0.120. The van der Waals surface area contributed by atoms with Crippen LogP contribution in [0.1, 0.15) is 46.0 Å². The van der Waals surface area contributed by atoms with Gasteiger partial charge in [0, 0.05) is 11.7 Å². The summed E-state index contributed by atoms with van der Waals surface area (Å²) in [5.41, 5.74) is 0.984. The maximum atomic E-state index is 11.9. The molecule has 0 bridgehead atoms. The number of unbranched alkanes of at least 4 members (excludes halogenated alkanes) is 1. The highest BCUT2D eigenvalue weighted by molar-refractivity contribution is 5.80. The van der Waals surface area contributed by atoms with E-state index >= 15 is 0 Å². The van der Waals surface area contributed by atoms with Crippen LogP contribution >= 0.6 is 0 Å². The van der Waals surface area contributed by atoms with Gasteiger partial charge in [-0.1, -0.05) is 51.3 Å². The molecule has 2 N–H and O–H groups in total. The topological polar surface area (TPSA) is 41.1 Å². The molecule has 0 spiro atoms. The molecule has 0 fully saturated rings. The van der Waals surface area contributed by atoms with Crippen molar-refractivity contribution in [3.8, 4) is 0 Å². The molecule has 0 heterocycles. The second-order valence-electron chi connectivity index (χ2n) is 4.91. The molecule has 0 aliphatic carbocycles. The second-order valence-corrected chi connectivity index (χ2v) is 4.91. The van der Waals surface area contributed by atoms with Crippen LogP contribution in [0.25, 0.3) is 0 Å². The molecule has 1 amide bonds. The molecule has 0 saturated carbocycles. The van der Waals surface area contributed by atoms with Crippen LogP contribution in [0.2, 0.25) is 0 Å². The lowest BCUT2D eigenvalue weighted by atomic mass is 10.1. The van der Waals surface area contributed by atoms with Gasteiger partial charge in [-0.05, 0) is 25.0 Å². The van der Waals surface area contributed by atoms with Crippen molar-refractivity contribution in [3.05, 3.63) is 30.3 Å². The summed E-state index contributed by atoms with van der Waals surface area (Å²) in [5.74, 6) is 0.0819. The number of carbonyl (C=O) groups excluding carboxylic acids is 1. The van der Waals surface area contributed by atoms with Crippen molar-refractivity contribution in [3.63, 3.8) is 0 Å².